The molecule has 0 saturated heterocycles. The molecular weight excluding hydrogens is 160 g/mol. The quantitative estimate of drug-likeness (QED) is 0.662. The highest BCUT2D eigenvalue weighted by molar-refractivity contribution is 5.08. The van der Waals surface area contributed by atoms with Crippen molar-refractivity contribution in [3.8, 4) is 0 Å². The van der Waals surface area contributed by atoms with Crippen molar-refractivity contribution in [2.75, 3.05) is 0 Å². The van der Waals surface area contributed by atoms with Crippen molar-refractivity contribution >= 4 is 0 Å². The second kappa shape index (κ2) is 3.67. The molecule has 1 heteroatoms. The van der Waals surface area contributed by atoms with Crippen molar-refractivity contribution in [2.45, 2.75) is 32.8 Å². The maximum absolute atomic E-state index is 9.82. The zero-order chi connectivity index (χ0) is 10.1. The van der Waals surface area contributed by atoms with Gasteiger partial charge in [-0.25, -0.2) is 0 Å². The van der Waals surface area contributed by atoms with Crippen molar-refractivity contribution in [2.24, 2.45) is 17.3 Å². The van der Waals surface area contributed by atoms with Crippen LogP contribution in [-0.2, 0) is 0 Å². The topological polar surface area (TPSA) is 20.2 Å². The lowest BCUT2D eigenvalue weighted by Crippen LogP contribution is -2.37. The normalized spacial score (nSPS) is 41.5. The lowest BCUT2D eigenvalue weighted by atomic mass is 9.70. The third-order valence-electron chi connectivity index (χ3n) is 3.86. The van der Waals surface area contributed by atoms with Gasteiger partial charge >= 0.3 is 0 Å². The van der Waals surface area contributed by atoms with Crippen LogP contribution in [0, 0.1) is 17.3 Å². The van der Waals surface area contributed by atoms with Gasteiger partial charge in [-0.05, 0) is 31.6 Å². The van der Waals surface area contributed by atoms with E-state index in [0.29, 0.717) is 11.8 Å². The third-order valence-corrected chi connectivity index (χ3v) is 3.86. The van der Waals surface area contributed by atoms with Gasteiger partial charge < -0.3 is 5.11 Å². The van der Waals surface area contributed by atoms with Gasteiger partial charge in [-0.2, -0.15) is 0 Å². The minimum Gasteiger partial charge on any atom is -0.393 e. The van der Waals surface area contributed by atoms with Crippen LogP contribution in [-0.4, -0.2) is 11.2 Å². The van der Waals surface area contributed by atoms with E-state index in [1.54, 1.807) is 0 Å². The molecule has 13 heavy (non-hydrogen) atoms. The maximum Gasteiger partial charge on any atom is 0.0576 e. The zero-order valence-corrected chi connectivity index (χ0v) is 8.66. The molecular formula is C12H20O. The first kappa shape index (κ1) is 10.5. The Hall–Kier alpha value is -0.560. The largest absolute Gasteiger partial charge is 0.393 e. The Morgan fingerprint density at radius 3 is 1.92 bits per heavy atom. The highest BCUT2D eigenvalue weighted by Gasteiger charge is 2.46. The Morgan fingerprint density at radius 2 is 1.69 bits per heavy atom. The Bertz CT molecular complexity index is 189. The van der Waals surface area contributed by atoms with Gasteiger partial charge in [0.25, 0.3) is 0 Å². The molecule has 0 aromatic carbocycles. The van der Waals surface area contributed by atoms with E-state index in [0.717, 1.165) is 12.8 Å². The molecule has 0 aliphatic heterocycles. The first-order valence-electron chi connectivity index (χ1n) is 5.00. The predicted molar refractivity (Wildman–Crippen MR) is 56.4 cm³/mol. The summed E-state index contributed by atoms with van der Waals surface area (Å²) < 4.78 is 0. The van der Waals surface area contributed by atoms with E-state index in [1.165, 1.54) is 0 Å². The average Bonchev–Trinajstić information content (AvgIpc) is 2.43. The maximum atomic E-state index is 9.82. The second-order valence-electron chi connectivity index (χ2n) is 4.30. The summed E-state index contributed by atoms with van der Waals surface area (Å²) in [4.78, 5) is 0. The zero-order valence-electron chi connectivity index (χ0n) is 8.66. The second-order valence-corrected chi connectivity index (χ2v) is 4.30. The molecule has 1 saturated carbocycles. The molecule has 1 fully saturated rings. The Labute approximate surface area is 81.2 Å². The van der Waals surface area contributed by atoms with E-state index in [9.17, 15) is 5.11 Å². The van der Waals surface area contributed by atoms with Crippen LogP contribution in [0.4, 0.5) is 0 Å². The molecule has 0 aromatic rings. The number of aliphatic hydroxyl groups is 1. The molecule has 0 amide bonds. The van der Waals surface area contributed by atoms with Crippen LogP contribution in [0.2, 0.25) is 0 Å². The molecule has 1 rings (SSSR count). The minimum atomic E-state index is -0.291. The summed E-state index contributed by atoms with van der Waals surface area (Å²) in [6.45, 7) is 11.7. The molecule has 0 heterocycles. The van der Waals surface area contributed by atoms with Gasteiger partial charge in [0.05, 0.1) is 6.10 Å². The van der Waals surface area contributed by atoms with Gasteiger partial charge in [-0.15, -0.1) is 13.2 Å². The van der Waals surface area contributed by atoms with E-state index in [4.69, 9.17) is 0 Å². The van der Waals surface area contributed by atoms with Crippen LogP contribution < -0.4 is 0 Å². The van der Waals surface area contributed by atoms with Crippen LogP contribution in [0.3, 0.4) is 0 Å². The summed E-state index contributed by atoms with van der Waals surface area (Å²) in [5.41, 5.74) is -0.0521. The fourth-order valence-electron chi connectivity index (χ4n) is 2.62. The summed E-state index contributed by atoms with van der Waals surface area (Å²) in [6.07, 6.45) is 5.93. The van der Waals surface area contributed by atoms with E-state index in [2.05, 4.69) is 20.1 Å². The van der Waals surface area contributed by atoms with Crippen molar-refractivity contribution in [3.05, 3.63) is 25.3 Å². The van der Waals surface area contributed by atoms with Gasteiger partial charge in [0.1, 0.15) is 0 Å². The first-order valence-corrected chi connectivity index (χ1v) is 5.00. The van der Waals surface area contributed by atoms with Crippen LogP contribution in [0.25, 0.3) is 0 Å². The molecule has 1 aliphatic rings. The Kier molecular flexibility index (Phi) is 2.97. The number of aliphatic hydroxyl groups excluding tert-OH is 1. The van der Waals surface area contributed by atoms with Gasteiger partial charge in [-0.3, -0.25) is 0 Å². The fraction of sp³-hybridized carbons (Fsp3) is 0.667. The fourth-order valence-corrected chi connectivity index (χ4v) is 2.62. The highest BCUT2D eigenvalue weighted by Crippen LogP contribution is 2.50. The minimum absolute atomic E-state index is 0.0521. The third kappa shape index (κ3) is 1.46. The summed E-state index contributed by atoms with van der Waals surface area (Å²) in [6, 6.07) is 0. The molecule has 2 unspecified atom stereocenters. The molecule has 0 radical (unpaired) electrons. The SMILES string of the molecule is C=C[C@@H]1CC[C@H](C=C)C1(C)C(C)O. The van der Waals surface area contributed by atoms with Crippen LogP contribution in [0.5, 0.6) is 0 Å². The van der Waals surface area contributed by atoms with Crippen LogP contribution in [0.1, 0.15) is 26.7 Å². The van der Waals surface area contributed by atoms with Gasteiger partial charge in [-0.1, -0.05) is 19.1 Å². The molecule has 1 aliphatic carbocycles. The lowest BCUT2D eigenvalue weighted by Gasteiger charge is -2.37. The average molecular weight is 180 g/mol. The number of hydrogen-bond acceptors (Lipinski definition) is 1. The van der Waals surface area contributed by atoms with E-state index in [-0.39, 0.29) is 11.5 Å². The van der Waals surface area contributed by atoms with Crippen molar-refractivity contribution in [1.29, 1.82) is 0 Å². The molecule has 0 spiro atoms. The smallest absolute Gasteiger partial charge is 0.0576 e. The molecule has 74 valence electrons. The Morgan fingerprint density at radius 1 is 1.31 bits per heavy atom. The summed E-state index contributed by atoms with van der Waals surface area (Å²) in [7, 11) is 0. The van der Waals surface area contributed by atoms with Crippen molar-refractivity contribution in [1.82, 2.24) is 0 Å². The Balaban J connectivity index is 2.96. The van der Waals surface area contributed by atoms with Gasteiger partial charge in [0.15, 0.2) is 0 Å². The number of rotatable bonds is 3. The first-order chi connectivity index (χ1) is 6.07. The standard InChI is InChI=1S/C12H20O/c1-5-10-7-8-11(6-2)12(10,4)9(3)13/h5-6,9-11,13H,1-2,7-8H2,3-4H3/t9?,10-,11+,12?. The monoisotopic (exact) mass is 180 g/mol. The molecule has 4 atom stereocenters. The molecule has 0 aromatic heterocycles. The number of hydrogen-bond donors (Lipinski definition) is 1. The van der Waals surface area contributed by atoms with Gasteiger partial charge in [0.2, 0.25) is 0 Å². The highest BCUT2D eigenvalue weighted by atomic mass is 16.3. The molecule has 1 nitrogen and oxygen atoms in total. The van der Waals surface area contributed by atoms with E-state index >= 15 is 0 Å². The molecule has 1 N–H and O–H groups in total. The summed E-state index contributed by atoms with van der Waals surface area (Å²) in [5.74, 6) is 0.853. The summed E-state index contributed by atoms with van der Waals surface area (Å²) in [5, 5.41) is 9.82. The predicted octanol–water partition coefficient (Wildman–Crippen LogP) is 2.77. The van der Waals surface area contributed by atoms with Crippen LogP contribution >= 0.6 is 0 Å². The summed E-state index contributed by atoms with van der Waals surface area (Å²) >= 11 is 0. The van der Waals surface area contributed by atoms with Crippen LogP contribution in [0.15, 0.2) is 25.3 Å². The van der Waals surface area contributed by atoms with E-state index < -0.39 is 0 Å². The van der Waals surface area contributed by atoms with Gasteiger partial charge in [0, 0.05) is 5.41 Å². The van der Waals surface area contributed by atoms with Crippen molar-refractivity contribution in [3.63, 3.8) is 0 Å². The number of allylic oxidation sites excluding steroid dienone is 2. The lowest BCUT2D eigenvalue weighted by molar-refractivity contribution is 0.0154. The molecule has 0 bridgehead atoms. The van der Waals surface area contributed by atoms with Crippen molar-refractivity contribution < 1.29 is 5.11 Å². The van der Waals surface area contributed by atoms with E-state index in [1.807, 2.05) is 19.1 Å².